The largest absolute Gasteiger partial charge is 0.484 e. The molecule has 1 amide bonds. The van der Waals surface area contributed by atoms with Gasteiger partial charge in [0.15, 0.2) is 5.90 Å². The van der Waals surface area contributed by atoms with Crippen molar-refractivity contribution in [1.29, 1.82) is 5.41 Å². The Kier molecular flexibility index (Phi) is 5.93. The van der Waals surface area contributed by atoms with Gasteiger partial charge < -0.3 is 10.5 Å². The molecule has 0 aliphatic heterocycles. The predicted octanol–water partition coefficient (Wildman–Crippen LogP) is 1.29. The normalized spacial score (nSPS) is 12.2. The van der Waals surface area contributed by atoms with Crippen molar-refractivity contribution in [2.75, 3.05) is 7.11 Å². The molecule has 76 valence electrons. The number of primary amides is 1. The number of rotatable bonds is 6. The van der Waals surface area contributed by atoms with Crippen molar-refractivity contribution >= 4 is 11.8 Å². The summed E-state index contributed by atoms with van der Waals surface area (Å²) in [4.78, 5) is 10.5. The third kappa shape index (κ3) is 7.31. The molecule has 0 rings (SSSR count). The molecule has 0 radical (unpaired) electrons. The van der Waals surface area contributed by atoms with E-state index in [0.29, 0.717) is 24.7 Å². The number of carbonyl (C=O) groups excluding carboxylic acids is 1. The number of nitrogens with two attached hydrogens (primary N) is 1. The number of ether oxygens (including phenoxy) is 1. The third-order valence-corrected chi connectivity index (χ3v) is 1.90. The molecule has 0 aliphatic rings. The highest BCUT2D eigenvalue weighted by Crippen LogP contribution is 2.11. The van der Waals surface area contributed by atoms with Crippen LogP contribution in [0.3, 0.4) is 0 Å². The number of hydrogen-bond acceptors (Lipinski definition) is 3. The maximum absolute atomic E-state index is 10.5. The zero-order valence-corrected chi connectivity index (χ0v) is 8.30. The predicted molar refractivity (Wildman–Crippen MR) is 51.6 cm³/mol. The summed E-state index contributed by atoms with van der Waals surface area (Å²) in [6.45, 7) is 1.99. The average molecular weight is 186 g/mol. The second-order valence-electron chi connectivity index (χ2n) is 3.30. The van der Waals surface area contributed by atoms with Gasteiger partial charge in [-0.25, -0.2) is 0 Å². The van der Waals surface area contributed by atoms with E-state index in [1.807, 2.05) is 6.92 Å². The maximum Gasteiger partial charge on any atom is 0.217 e. The van der Waals surface area contributed by atoms with Crippen molar-refractivity contribution in [3.63, 3.8) is 0 Å². The van der Waals surface area contributed by atoms with E-state index in [1.54, 1.807) is 0 Å². The molecule has 3 N–H and O–H groups in total. The molecule has 0 heterocycles. The Labute approximate surface area is 79.0 Å². The van der Waals surface area contributed by atoms with Crippen LogP contribution in [0.25, 0.3) is 0 Å². The lowest BCUT2D eigenvalue weighted by Crippen LogP contribution is -2.14. The van der Waals surface area contributed by atoms with Crippen LogP contribution in [0, 0.1) is 11.3 Å². The first-order chi connectivity index (χ1) is 6.06. The SMILES string of the molecule is COC(=N)CCCC(C)CC(N)=O. The van der Waals surface area contributed by atoms with Crippen LogP contribution in [0.1, 0.15) is 32.6 Å². The molecule has 1 atom stereocenters. The van der Waals surface area contributed by atoms with Gasteiger partial charge in [-0.05, 0) is 18.8 Å². The minimum atomic E-state index is -0.255. The van der Waals surface area contributed by atoms with Gasteiger partial charge in [0.2, 0.25) is 5.91 Å². The first-order valence-corrected chi connectivity index (χ1v) is 4.46. The van der Waals surface area contributed by atoms with E-state index in [9.17, 15) is 4.79 Å². The quantitative estimate of drug-likeness (QED) is 0.484. The summed E-state index contributed by atoms with van der Waals surface area (Å²) in [5, 5.41) is 7.21. The van der Waals surface area contributed by atoms with Crippen molar-refractivity contribution in [2.24, 2.45) is 11.7 Å². The molecular formula is C9H18N2O2. The van der Waals surface area contributed by atoms with E-state index in [4.69, 9.17) is 15.9 Å². The first kappa shape index (κ1) is 11.9. The minimum Gasteiger partial charge on any atom is -0.484 e. The van der Waals surface area contributed by atoms with Gasteiger partial charge >= 0.3 is 0 Å². The number of nitrogens with one attached hydrogen (secondary N) is 1. The molecule has 0 spiro atoms. The molecule has 0 aromatic heterocycles. The summed E-state index contributed by atoms with van der Waals surface area (Å²) >= 11 is 0. The van der Waals surface area contributed by atoms with E-state index in [1.165, 1.54) is 7.11 Å². The van der Waals surface area contributed by atoms with Crippen LogP contribution in [0.2, 0.25) is 0 Å². The zero-order chi connectivity index (χ0) is 10.3. The molecular weight excluding hydrogens is 168 g/mol. The van der Waals surface area contributed by atoms with E-state index < -0.39 is 0 Å². The summed E-state index contributed by atoms with van der Waals surface area (Å²) in [7, 11) is 1.50. The van der Waals surface area contributed by atoms with Gasteiger partial charge in [-0.2, -0.15) is 0 Å². The Morgan fingerprint density at radius 2 is 2.23 bits per heavy atom. The van der Waals surface area contributed by atoms with Crippen molar-refractivity contribution in [3.05, 3.63) is 0 Å². The Bertz CT molecular complexity index is 180. The molecule has 0 saturated carbocycles. The van der Waals surface area contributed by atoms with Crippen molar-refractivity contribution in [1.82, 2.24) is 0 Å². The number of carbonyl (C=O) groups is 1. The molecule has 0 aromatic carbocycles. The van der Waals surface area contributed by atoms with Crippen LogP contribution >= 0.6 is 0 Å². The molecule has 0 bridgehead atoms. The van der Waals surface area contributed by atoms with Crippen LogP contribution < -0.4 is 5.73 Å². The molecule has 0 aliphatic carbocycles. The summed E-state index contributed by atoms with van der Waals surface area (Å²) < 4.78 is 4.70. The van der Waals surface area contributed by atoms with E-state index in [2.05, 4.69) is 0 Å². The second kappa shape index (κ2) is 6.46. The van der Waals surface area contributed by atoms with Gasteiger partial charge in [-0.3, -0.25) is 10.2 Å². The molecule has 13 heavy (non-hydrogen) atoms. The summed E-state index contributed by atoms with van der Waals surface area (Å²) in [5.41, 5.74) is 5.05. The third-order valence-electron chi connectivity index (χ3n) is 1.90. The lowest BCUT2D eigenvalue weighted by Gasteiger charge is -2.08. The summed E-state index contributed by atoms with van der Waals surface area (Å²) in [6, 6.07) is 0. The highest BCUT2D eigenvalue weighted by Gasteiger charge is 2.06. The fraction of sp³-hybridized carbons (Fsp3) is 0.778. The molecule has 4 nitrogen and oxygen atoms in total. The monoisotopic (exact) mass is 186 g/mol. The Hall–Kier alpha value is -1.06. The zero-order valence-electron chi connectivity index (χ0n) is 8.30. The van der Waals surface area contributed by atoms with E-state index in [-0.39, 0.29) is 5.91 Å². The Morgan fingerprint density at radius 1 is 1.62 bits per heavy atom. The molecule has 0 saturated heterocycles. The van der Waals surface area contributed by atoms with E-state index in [0.717, 1.165) is 12.8 Å². The first-order valence-electron chi connectivity index (χ1n) is 4.46. The van der Waals surface area contributed by atoms with Crippen molar-refractivity contribution < 1.29 is 9.53 Å². The molecule has 0 fully saturated rings. The van der Waals surface area contributed by atoms with Gasteiger partial charge in [0.1, 0.15) is 0 Å². The van der Waals surface area contributed by atoms with Crippen LogP contribution in [-0.2, 0) is 9.53 Å². The molecule has 4 heteroatoms. The van der Waals surface area contributed by atoms with Gasteiger partial charge in [0, 0.05) is 12.8 Å². The minimum absolute atomic E-state index is 0.255. The van der Waals surface area contributed by atoms with Crippen LogP contribution in [-0.4, -0.2) is 18.9 Å². The van der Waals surface area contributed by atoms with Crippen LogP contribution in [0.4, 0.5) is 0 Å². The maximum atomic E-state index is 10.5. The van der Waals surface area contributed by atoms with Gasteiger partial charge in [0.25, 0.3) is 0 Å². The summed E-state index contributed by atoms with van der Waals surface area (Å²) in [5.74, 6) is 0.350. The number of methoxy groups -OCH3 is 1. The highest BCUT2D eigenvalue weighted by molar-refractivity contribution is 5.74. The lowest BCUT2D eigenvalue weighted by atomic mass is 10.0. The lowest BCUT2D eigenvalue weighted by molar-refractivity contribution is -0.118. The van der Waals surface area contributed by atoms with Crippen LogP contribution in [0.15, 0.2) is 0 Å². The number of hydrogen-bond donors (Lipinski definition) is 2. The Balaban J connectivity index is 3.42. The average Bonchev–Trinajstić information content (AvgIpc) is 2.02. The molecule has 0 aromatic rings. The van der Waals surface area contributed by atoms with Crippen molar-refractivity contribution in [2.45, 2.75) is 32.6 Å². The smallest absolute Gasteiger partial charge is 0.217 e. The van der Waals surface area contributed by atoms with Crippen molar-refractivity contribution in [3.8, 4) is 0 Å². The van der Waals surface area contributed by atoms with Gasteiger partial charge in [-0.15, -0.1) is 0 Å². The topological polar surface area (TPSA) is 76.2 Å². The number of amides is 1. The molecule has 1 unspecified atom stereocenters. The fourth-order valence-corrected chi connectivity index (χ4v) is 1.16. The van der Waals surface area contributed by atoms with Gasteiger partial charge in [-0.1, -0.05) is 6.92 Å². The van der Waals surface area contributed by atoms with Crippen LogP contribution in [0.5, 0.6) is 0 Å². The van der Waals surface area contributed by atoms with E-state index >= 15 is 0 Å². The Morgan fingerprint density at radius 3 is 2.69 bits per heavy atom. The summed E-state index contributed by atoms with van der Waals surface area (Å²) in [6.07, 6.45) is 2.86. The van der Waals surface area contributed by atoms with Gasteiger partial charge in [0.05, 0.1) is 7.11 Å². The standard InChI is InChI=1S/C9H18N2O2/c1-7(6-8(10)12)4-3-5-9(11)13-2/h7,11H,3-6H2,1-2H3,(H2,10,12). The second-order valence-corrected chi connectivity index (χ2v) is 3.30. The highest BCUT2D eigenvalue weighted by atomic mass is 16.5. The fourth-order valence-electron chi connectivity index (χ4n) is 1.16.